The molecule has 0 bridgehead atoms. The van der Waals surface area contributed by atoms with Crippen LogP contribution in [0.25, 0.3) is 16.8 Å². The lowest BCUT2D eigenvalue weighted by Gasteiger charge is -2.42. The van der Waals surface area contributed by atoms with Gasteiger partial charge in [-0.1, -0.05) is 11.6 Å². The molecular weight excluding hydrogens is 314 g/mol. The van der Waals surface area contributed by atoms with Crippen LogP contribution in [-0.2, 0) is 0 Å². The Morgan fingerprint density at radius 3 is 2.70 bits per heavy atom. The summed E-state index contributed by atoms with van der Waals surface area (Å²) in [6.45, 7) is 6.25. The fourth-order valence-corrected chi connectivity index (χ4v) is 3.34. The van der Waals surface area contributed by atoms with Crippen molar-refractivity contribution in [3.05, 3.63) is 23.6 Å². The fourth-order valence-electron chi connectivity index (χ4n) is 3.19. The molecule has 0 N–H and O–H groups in total. The van der Waals surface area contributed by atoms with Gasteiger partial charge >= 0.3 is 0 Å². The summed E-state index contributed by atoms with van der Waals surface area (Å²) in [7, 11) is 2.16. The summed E-state index contributed by atoms with van der Waals surface area (Å²) in [6.07, 6.45) is 3.30. The topological polar surface area (TPSA) is 62.5 Å². The molecule has 8 heteroatoms. The molecule has 0 aliphatic carbocycles. The average molecular weight is 332 g/mol. The van der Waals surface area contributed by atoms with Gasteiger partial charge in [0.1, 0.15) is 6.33 Å². The lowest BCUT2D eigenvalue weighted by atomic mass is 10.1. The van der Waals surface area contributed by atoms with E-state index in [1.165, 1.54) is 0 Å². The Hall–Kier alpha value is -1.99. The molecule has 0 aromatic carbocycles. The highest BCUT2D eigenvalue weighted by Gasteiger charge is 2.29. The van der Waals surface area contributed by atoms with Crippen LogP contribution < -0.4 is 4.90 Å². The number of anilines is 1. The summed E-state index contributed by atoms with van der Waals surface area (Å²) >= 11 is 6.07. The molecule has 0 radical (unpaired) electrons. The van der Waals surface area contributed by atoms with Gasteiger partial charge in [-0.2, -0.15) is 0 Å². The Morgan fingerprint density at radius 1 is 1.22 bits per heavy atom. The van der Waals surface area contributed by atoms with Crippen LogP contribution in [0.15, 0.2) is 18.6 Å². The van der Waals surface area contributed by atoms with Crippen molar-refractivity contribution in [3.63, 3.8) is 0 Å². The van der Waals surface area contributed by atoms with Crippen LogP contribution in [0.1, 0.15) is 13.8 Å². The Labute approximate surface area is 138 Å². The molecule has 2 atom stereocenters. The first kappa shape index (κ1) is 14.6. The summed E-state index contributed by atoms with van der Waals surface area (Å²) in [4.78, 5) is 13.8. The quantitative estimate of drug-likeness (QED) is 0.678. The summed E-state index contributed by atoms with van der Waals surface area (Å²) in [5.74, 6) is 0.830. The van der Waals surface area contributed by atoms with Crippen LogP contribution in [0, 0.1) is 0 Å². The maximum atomic E-state index is 6.07. The molecule has 4 heterocycles. The zero-order valence-corrected chi connectivity index (χ0v) is 14.1. The number of halogens is 1. The summed E-state index contributed by atoms with van der Waals surface area (Å²) in [6, 6.07) is 2.72. The Bertz CT molecular complexity index is 865. The minimum absolute atomic E-state index is 0.442. The number of likely N-dealkylation sites (N-methyl/N-ethyl adjacent to an activating group) is 1. The molecule has 1 aliphatic heterocycles. The summed E-state index contributed by atoms with van der Waals surface area (Å²) in [5, 5.41) is 8.89. The van der Waals surface area contributed by atoms with Crippen molar-refractivity contribution >= 4 is 34.2 Å². The van der Waals surface area contributed by atoms with E-state index >= 15 is 0 Å². The molecular formula is C15H18ClN7. The van der Waals surface area contributed by atoms with E-state index in [1.807, 2.05) is 10.5 Å². The van der Waals surface area contributed by atoms with Crippen LogP contribution in [0.3, 0.4) is 0 Å². The normalized spacial score (nSPS) is 23.0. The third-order valence-corrected chi connectivity index (χ3v) is 4.90. The molecule has 4 rings (SSSR count). The maximum absolute atomic E-state index is 6.07. The van der Waals surface area contributed by atoms with Gasteiger partial charge in [0, 0.05) is 31.4 Å². The van der Waals surface area contributed by atoms with Crippen LogP contribution in [0.2, 0.25) is 5.02 Å². The second-order valence-electron chi connectivity index (χ2n) is 6.22. The zero-order valence-electron chi connectivity index (χ0n) is 13.3. The number of hydrogen-bond acceptors (Lipinski definition) is 6. The number of pyridine rings is 1. The molecule has 3 aromatic rings. The predicted octanol–water partition coefficient (Wildman–Crippen LogP) is 1.85. The van der Waals surface area contributed by atoms with E-state index in [0.29, 0.717) is 22.8 Å². The second kappa shape index (κ2) is 5.28. The van der Waals surface area contributed by atoms with Crippen LogP contribution >= 0.6 is 11.6 Å². The van der Waals surface area contributed by atoms with Crippen molar-refractivity contribution in [2.75, 3.05) is 25.0 Å². The Kier molecular flexibility index (Phi) is 3.35. The van der Waals surface area contributed by atoms with E-state index in [0.717, 1.165) is 30.1 Å². The van der Waals surface area contributed by atoms with Crippen molar-refractivity contribution in [1.29, 1.82) is 0 Å². The molecule has 7 nitrogen and oxygen atoms in total. The molecule has 0 spiro atoms. The standard InChI is InChI=1S/C15H18ClN7/c1-9-6-22(7-10(2)21(9)3)14-15-20-18-8-23(15)12-4-11(16)5-17-13(12)19-14/h4-5,8-10H,6-7H2,1-3H3. The van der Waals surface area contributed by atoms with E-state index in [-0.39, 0.29) is 0 Å². The Balaban J connectivity index is 1.89. The SMILES string of the molecule is CC1CN(c2nc3ncc(Cl)cc3n3cnnc23)CC(C)N1C. The van der Waals surface area contributed by atoms with E-state index in [1.54, 1.807) is 12.5 Å². The number of nitrogens with zero attached hydrogens (tertiary/aromatic N) is 7. The first-order valence-electron chi connectivity index (χ1n) is 7.66. The fraction of sp³-hybridized carbons (Fsp3) is 0.467. The van der Waals surface area contributed by atoms with E-state index in [9.17, 15) is 0 Å². The van der Waals surface area contributed by atoms with Crippen molar-refractivity contribution in [2.24, 2.45) is 0 Å². The van der Waals surface area contributed by atoms with Gasteiger partial charge in [-0.25, -0.2) is 9.97 Å². The van der Waals surface area contributed by atoms with Gasteiger partial charge in [0.15, 0.2) is 11.5 Å². The van der Waals surface area contributed by atoms with Crippen molar-refractivity contribution in [1.82, 2.24) is 29.5 Å². The van der Waals surface area contributed by atoms with Crippen LogP contribution in [0.5, 0.6) is 0 Å². The number of piperazine rings is 1. The first-order valence-corrected chi connectivity index (χ1v) is 8.04. The Morgan fingerprint density at radius 2 is 1.96 bits per heavy atom. The van der Waals surface area contributed by atoms with E-state index in [2.05, 4.69) is 45.9 Å². The van der Waals surface area contributed by atoms with Crippen LogP contribution in [0.4, 0.5) is 5.82 Å². The van der Waals surface area contributed by atoms with Gasteiger partial charge in [-0.05, 0) is 27.0 Å². The van der Waals surface area contributed by atoms with Gasteiger partial charge < -0.3 is 4.90 Å². The molecule has 120 valence electrons. The molecule has 0 amide bonds. The minimum atomic E-state index is 0.442. The number of aromatic nitrogens is 5. The molecule has 2 unspecified atom stereocenters. The lowest BCUT2D eigenvalue weighted by Crippen LogP contribution is -2.55. The predicted molar refractivity (Wildman–Crippen MR) is 90.0 cm³/mol. The van der Waals surface area contributed by atoms with E-state index in [4.69, 9.17) is 16.6 Å². The first-order chi connectivity index (χ1) is 11.0. The van der Waals surface area contributed by atoms with Crippen molar-refractivity contribution in [3.8, 4) is 0 Å². The van der Waals surface area contributed by atoms with Crippen molar-refractivity contribution in [2.45, 2.75) is 25.9 Å². The molecule has 1 fully saturated rings. The summed E-state index contributed by atoms with van der Waals surface area (Å²) in [5.41, 5.74) is 2.21. The smallest absolute Gasteiger partial charge is 0.204 e. The number of hydrogen-bond donors (Lipinski definition) is 0. The number of rotatable bonds is 1. The number of fused-ring (bicyclic) bond motifs is 3. The van der Waals surface area contributed by atoms with Gasteiger partial charge in [-0.3, -0.25) is 9.30 Å². The third-order valence-electron chi connectivity index (χ3n) is 4.69. The average Bonchev–Trinajstić information content (AvgIpc) is 3.01. The van der Waals surface area contributed by atoms with Gasteiger partial charge in [0.05, 0.1) is 10.5 Å². The highest BCUT2D eigenvalue weighted by molar-refractivity contribution is 6.31. The van der Waals surface area contributed by atoms with Gasteiger partial charge in [0.25, 0.3) is 0 Å². The highest BCUT2D eigenvalue weighted by atomic mass is 35.5. The second-order valence-corrected chi connectivity index (χ2v) is 6.66. The van der Waals surface area contributed by atoms with Crippen LogP contribution in [-0.4, -0.2) is 61.7 Å². The van der Waals surface area contributed by atoms with Gasteiger partial charge in [-0.15, -0.1) is 10.2 Å². The van der Waals surface area contributed by atoms with Gasteiger partial charge in [0.2, 0.25) is 5.65 Å². The monoisotopic (exact) mass is 331 g/mol. The van der Waals surface area contributed by atoms with E-state index < -0.39 is 0 Å². The molecule has 3 aromatic heterocycles. The summed E-state index contributed by atoms with van der Waals surface area (Å²) < 4.78 is 1.91. The lowest BCUT2D eigenvalue weighted by molar-refractivity contribution is 0.170. The molecule has 23 heavy (non-hydrogen) atoms. The minimum Gasteiger partial charge on any atom is -0.350 e. The molecule has 1 saturated heterocycles. The largest absolute Gasteiger partial charge is 0.350 e. The highest BCUT2D eigenvalue weighted by Crippen LogP contribution is 2.26. The third kappa shape index (κ3) is 2.31. The zero-order chi connectivity index (χ0) is 16.1. The van der Waals surface area contributed by atoms with Crippen molar-refractivity contribution < 1.29 is 0 Å². The molecule has 1 aliphatic rings. The molecule has 0 saturated carbocycles. The maximum Gasteiger partial charge on any atom is 0.204 e.